The van der Waals surface area contributed by atoms with Crippen molar-refractivity contribution in [3.63, 3.8) is 0 Å². The Morgan fingerprint density at radius 1 is 1.05 bits per heavy atom. The van der Waals surface area contributed by atoms with E-state index in [1.165, 1.54) is 4.90 Å². The number of halogens is 4. The SMILES string of the molecule is Cc1ccc(CNC(=O)[C@H]2CC(=O)N(c3ccc(OCC(=O)Nc4cc(C(F)(F)F)ccc4Cl)cc3)C2)cc1. The number of carbonyl (C=O) groups is 3. The minimum absolute atomic E-state index is 0.0434. The molecule has 3 aromatic carbocycles. The van der Waals surface area contributed by atoms with Gasteiger partial charge in [-0.15, -0.1) is 0 Å². The standard InChI is InChI=1S/C28H25ClF3N3O4/c1-17-2-4-18(5-3-17)14-33-27(38)19-12-26(37)35(15-19)21-7-9-22(10-8-21)39-16-25(36)34-24-13-20(28(30,31)32)6-11-23(24)29/h2-11,13,19H,12,14-16H2,1H3,(H,33,38)(H,34,36)/t19-/m0/s1. The van der Waals surface area contributed by atoms with Gasteiger partial charge in [0.25, 0.3) is 5.91 Å². The molecule has 0 saturated carbocycles. The second-order valence-corrected chi connectivity index (χ2v) is 9.54. The van der Waals surface area contributed by atoms with E-state index in [4.69, 9.17) is 16.3 Å². The topological polar surface area (TPSA) is 87.7 Å². The molecule has 2 N–H and O–H groups in total. The summed E-state index contributed by atoms with van der Waals surface area (Å²) in [4.78, 5) is 38.9. The Kier molecular flexibility index (Phi) is 8.44. The molecule has 3 amide bonds. The van der Waals surface area contributed by atoms with Crippen LogP contribution in [0.5, 0.6) is 5.75 Å². The molecule has 1 aliphatic rings. The van der Waals surface area contributed by atoms with Crippen molar-refractivity contribution >= 4 is 40.7 Å². The van der Waals surface area contributed by atoms with E-state index in [1.807, 2.05) is 31.2 Å². The van der Waals surface area contributed by atoms with Gasteiger partial charge in [-0.1, -0.05) is 41.4 Å². The average Bonchev–Trinajstić information content (AvgIpc) is 3.29. The van der Waals surface area contributed by atoms with Gasteiger partial charge in [0.1, 0.15) is 5.75 Å². The lowest BCUT2D eigenvalue weighted by Gasteiger charge is -2.17. The molecule has 0 spiro atoms. The van der Waals surface area contributed by atoms with Crippen LogP contribution in [0.1, 0.15) is 23.1 Å². The van der Waals surface area contributed by atoms with Crippen LogP contribution in [0.4, 0.5) is 24.5 Å². The van der Waals surface area contributed by atoms with Crippen molar-refractivity contribution in [2.45, 2.75) is 26.1 Å². The van der Waals surface area contributed by atoms with E-state index in [0.717, 1.165) is 29.3 Å². The third-order valence-corrected chi connectivity index (χ3v) is 6.50. The van der Waals surface area contributed by atoms with E-state index in [-0.39, 0.29) is 35.5 Å². The van der Waals surface area contributed by atoms with E-state index in [2.05, 4.69) is 10.6 Å². The molecule has 1 atom stereocenters. The lowest BCUT2D eigenvalue weighted by Crippen LogP contribution is -2.32. The van der Waals surface area contributed by atoms with E-state index in [0.29, 0.717) is 18.0 Å². The smallest absolute Gasteiger partial charge is 0.416 e. The fourth-order valence-corrected chi connectivity index (χ4v) is 4.19. The highest BCUT2D eigenvalue weighted by atomic mass is 35.5. The zero-order valence-corrected chi connectivity index (χ0v) is 21.6. The molecule has 0 bridgehead atoms. The van der Waals surface area contributed by atoms with Gasteiger partial charge < -0.3 is 20.3 Å². The van der Waals surface area contributed by atoms with Crippen LogP contribution in [-0.4, -0.2) is 30.9 Å². The number of nitrogens with one attached hydrogen (secondary N) is 2. The number of anilines is 2. The molecule has 3 aromatic rings. The van der Waals surface area contributed by atoms with Gasteiger partial charge in [0.2, 0.25) is 11.8 Å². The number of amides is 3. The van der Waals surface area contributed by atoms with E-state index in [9.17, 15) is 27.6 Å². The van der Waals surface area contributed by atoms with Crippen molar-refractivity contribution in [3.8, 4) is 5.75 Å². The molecule has 4 rings (SSSR count). The summed E-state index contributed by atoms with van der Waals surface area (Å²) in [5, 5.41) is 5.14. The summed E-state index contributed by atoms with van der Waals surface area (Å²) in [6, 6.07) is 16.8. The molecular formula is C28H25ClF3N3O4. The molecule has 1 aliphatic heterocycles. The van der Waals surface area contributed by atoms with Crippen LogP contribution < -0.4 is 20.3 Å². The van der Waals surface area contributed by atoms with Crippen LogP contribution in [0.25, 0.3) is 0 Å². The number of hydrogen-bond donors (Lipinski definition) is 2. The summed E-state index contributed by atoms with van der Waals surface area (Å²) < 4.78 is 44.2. The largest absolute Gasteiger partial charge is 0.484 e. The van der Waals surface area contributed by atoms with Crippen molar-refractivity contribution in [1.29, 1.82) is 0 Å². The highest BCUT2D eigenvalue weighted by Crippen LogP contribution is 2.34. The number of hydrogen-bond acceptors (Lipinski definition) is 4. The van der Waals surface area contributed by atoms with Crippen molar-refractivity contribution < 1.29 is 32.3 Å². The molecule has 0 unspecified atom stereocenters. The van der Waals surface area contributed by atoms with Gasteiger partial charge in [-0.25, -0.2) is 0 Å². The Balaban J connectivity index is 1.28. The van der Waals surface area contributed by atoms with Crippen LogP contribution in [0.3, 0.4) is 0 Å². The van der Waals surface area contributed by atoms with Gasteiger partial charge in [0.15, 0.2) is 6.61 Å². The number of rotatable bonds is 8. The van der Waals surface area contributed by atoms with Crippen LogP contribution in [0, 0.1) is 12.8 Å². The minimum atomic E-state index is -4.58. The lowest BCUT2D eigenvalue weighted by atomic mass is 10.1. The number of aryl methyl sites for hydroxylation is 1. The molecule has 0 radical (unpaired) electrons. The summed E-state index contributed by atoms with van der Waals surface area (Å²) in [6.07, 6.45) is -4.49. The summed E-state index contributed by atoms with van der Waals surface area (Å²) in [5.41, 5.74) is 1.54. The number of benzene rings is 3. The minimum Gasteiger partial charge on any atom is -0.484 e. The average molecular weight is 560 g/mol. The molecule has 1 heterocycles. The van der Waals surface area contributed by atoms with E-state index < -0.39 is 30.2 Å². The predicted molar refractivity (Wildman–Crippen MR) is 141 cm³/mol. The van der Waals surface area contributed by atoms with Gasteiger partial charge in [0.05, 0.1) is 22.2 Å². The molecule has 1 saturated heterocycles. The van der Waals surface area contributed by atoms with Crippen LogP contribution >= 0.6 is 11.6 Å². The molecular weight excluding hydrogens is 535 g/mol. The van der Waals surface area contributed by atoms with Crippen molar-refractivity contribution in [1.82, 2.24) is 5.32 Å². The third kappa shape index (κ3) is 7.29. The van der Waals surface area contributed by atoms with Gasteiger partial charge in [0, 0.05) is 25.2 Å². The molecule has 11 heteroatoms. The Bertz CT molecular complexity index is 1360. The Labute approximate surface area is 227 Å². The summed E-state index contributed by atoms with van der Waals surface area (Å²) >= 11 is 5.90. The van der Waals surface area contributed by atoms with Crippen molar-refractivity contribution in [3.05, 3.63) is 88.4 Å². The van der Waals surface area contributed by atoms with Crippen molar-refractivity contribution in [2.75, 3.05) is 23.4 Å². The number of ether oxygens (including phenoxy) is 1. The highest BCUT2D eigenvalue weighted by Gasteiger charge is 2.35. The zero-order chi connectivity index (χ0) is 28.2. The Morgan fingerprint density at radius 2 is 1.74 bits per heavy atom. The number of alkyl halides is 3. The van der Waals surface area contributed by atoms with Crippen molar-refractivity contribution in [2.24, 2.45) is 5.92 Å². The maximum Gasteiger partial charge on any atom is 0.416 e. The van der Waals surface area contributed by atoms with Gasteiger partial charge in [-0.05, 0) is 55.0 Å². The van der Waals surface area contributed by atoms with E-state index in [1.54, 1.807) is 24.3 Å². The predicted octanol–water partition coefficient (Wildman–Crippen LogP) is 5.35. The summed E-state index contributed by atoms with van der Waals surface area (Å²) in [6.45, 7) is 2.12. The van der Waals surface area contributed by atoms with Crippen LogP contribution in [0.15, 0.2) is 66.7 Å². The first-order chi connectivity index (χ1) is 18.5. The van der Waals surface area contributed by atoms with Gasteiger partial charge in [-0.3, -0.25) is 14.4 Å². The molecule has 39 heavy (non-hydrogen) atoms. The molecule has 204 valence electrons. The summed E-state index contributed by atoms with van der Waals surface area (Å²) in [7, 11) is 0. The first-order valence-electron chi connectivity index (χ1n) is 12.0. The lowest BCUT2D eigenvalue weighted by molar-refractivity contribution is -0.137. The monoisotopic (exact) mass is 559 g/mol. The van der Waals surface area contributed by atoms with Crippen LogP contribution in [-0.2, 0) is 27.1 Å². The second-order valence-electron chi connectivity index (χ2n) is 9.13. The highest BCUT2D eigenvalue weighted by molar-refractivity contribution is 6.33. The van der Waals surface area contributed by atoms with E-state index >= 15 is 0 Å². The molecule has 0 aliphatic carbocycles. The third-order valence-electron chi connectivity index (χ3n) is 6.17. The summed E-state index contributed by atoms with van der Waals surface area (Å²) in [5.74, 6) is -1.25. The number of carbonyl (C=O) groups excluding carboxylic acids is 3. The van der Waals surface area contributed by atoms with Gasteiger partial charge in [-0.2, -0.15) is 13.2 Å². The van der Waals surface area contributed by atoms with Crippen LogP contribution in [0.2, 0.25) is 5.02 Å². The van der Waals surface area contributed by atoms with Gasteiger partial charge >= 0.3 is 6.18 Å². The molecule has 1 fully saturated rings. The fourth-order valence-electron chi connectivity index (χ4n) is 4.03. The zero-order valence-electron chi connectivity index (χ0n) is 20.8. The molecule has 7 nitrogen and oxygen atoms in total. The maximum atomic E-state index is 12.9. The maximum absolute atomic E-state index is 12.9. The first-order valence-corrected chi connectivity index (χ1v) is 12.4. The fraction of sp³-hybridized carbons (Fsp3) is 0.250. The Morgan fingerprint density at radius 3 is 2.41 bits per heavy atom. The molecule has 0 aromatic heterocycles. The normalized spacial score (nSPS) is 15.3. The second kappa shape index (κ2) is 11.8. The number of nitrogens with zero attached hydrogens (tertiary/aromatic N) is 1. The first kappa shape index (κ1) is 28.0. The quantitative estimate of drug-likeness (QED) is 0.389. The Hall–Kier alpha value is -4.05.